The van der Waals surface area contributed by atoms with Crippen LogP contribution in [-0.4, -0.2) is 55.5 Å². The van der Waals surface area contributed by atoms with E-state index < -0.39 is 0 Å². The van der Waals surface area contributed by atoms with E-state index in [9.17, 15) is 4.39 Å². The topological polar surface area (TPSA) is 42.9 Å². The number of guanidine groups is 1. The number of hydrogen-bond acceptors (Lipinski definition) is 3. The second kappa shape index (κ2) is 10.9. The van der Waals surface area contributed by atoms with Gasteiger partial charge < -0.3 is 15.5 Å². The Kier molecular flexibility index (Phi) is 8.02. The molecule has 0 unspecified atom stereocenters. The lowest BCUT2D eigenvalue weighted by Crippen LogP contribution is -2.45. The van der Waals surface area contributed by atoms with E-state index in [4.69, 9.17) is 0 Å². The number of piperazine rings is 1. The molecule has 1 aliphatic heterocycles. The number of nitrogens with one attached hydrogen (secondary N) is 2. The van der Waals surface area contributed by atoms with Crippen LogP contribution in [0, 0.1) is 5.82 Å². The number of benzene rings is 2. The van der Waals surface area contributed by atoms with Gasteiger partial charge >= 0.3 is 0 Å². The zero-order chi connectivity index (χ0) is 20.5. The molecule has 0 spiro atoms. The molecule has 0 radical (unpaired) electrons. The molecule has 0 bridgehead atoms. The van der Waals surface area contributed by atoms with Crippen LogP contribution in [0.15, 0.2) is 53.5 Å². The Balaban J connectivity index is 1.43. The Labute approximate surface area is 173 Å². The minimum absolute atomic E-state index is 0.223. The fourth-order valence-electron chi connectivity index (χ4n) is 3.52. The zero-order valence-electron chi connectivity index (χ0n) is 17.5. The van der Waals surface area contributed by atoms with E-state index in [0.717, 1.165) is 31.7 Å². The van der Waals surface area contributed by atoms with Crippen molar-refractivity contribution in [3.05, 3.63) is 71.0 Å². The van der Waals surface area contributed by atoms with Gasteiger partial charge in [-0.2, -0.15) is 0 Å². The highest BCUT2D eigenvalue weighted by atomic mass is 19.1. The van der Waals surface area contributed by atoms with Gasteiger partial charge in [0, 0.05) is 52.9 Å². The van der Waals surface area contributed by atoms with Crippen LogP contribution in [0.5, 0.6) is 0 Å². The van der Waals surface area contributed by atoms with Gasteiger partial charge in [0.25, 0.3) is 0 Å². The lowest BCUT2D eigenvalue weighted by Gasteiger charge is -2.34. The van der Waals surface area contributed by atoms with Crippen molar-refractivity contribution in [1.82, 2.24) is 20.4 Å². The first kappa shape index (κ1) is 21.3. The van der Waals surface area contributed by atoms with Gasteiger partial charge in [0.05, 0.1) is 0 Å². The van der Waals surface area contributed by atoms with Gasteiger partial charge in [0.1, 0.15) is 5.82 Å². The average molecular weight is 398 g/mol. The van der Waals surface area contributed by atoms with Gasteiger partial charge in [0.15, 0.2) is 5.96 Å². The molecule has 1 heterocycles. The third-order valence-corrected chi connectivity index (χ3v) is 5.37. The van der Waals surface area contributed by atoms with Gasteiger partial charge in [-0.25, -0.2) is 4.39 Å². The summed E-state index contributed by atoms with van der Waals surface area (Å²) in [5, 5.41) is 6.53. The predicted octanol–water partition coefficient (Wildman–Crippen LogP) is 2.83. The van der Waals surface area contributed by atoms with Crippen molar-refractivity contribution in [1.29, 1.82) is 0 Å². The molecule has 0 saturated carbocycles. The third-order valence-electron chi connectivity index (χ3n) is 5.37. The Hall–Kier alpha value is -2.44. The van der Waals surface area contributed by atoms with Crippen molar-refractivity contribution in [3.8, 4) is 0 Å². The molecule has 1 saturated heterocycles. The molecule has 2 aromatic rings. The monoisotopic (exact) mass is 397 g/mol. The summed E-state index contributed by atoms with van der Waals surface area (Å²) in [6.07, 6.45) is 0. The van der Waals surface area contributed by atoms with E-state index in [1.165, 1.54) is 36.3 Å². The van der Waals surface area contributed by atoms with Crippen molar-refractivity contribution >= 4 is 5.96 Å². The van der Waals surface area contributed by atoms with Crippen LogP contribution in [-0.2, 0) is 19.6 Å². The first-order valence-corrected chi connectivity index (χ1v) is 10.4. The summed E-state index contributed by atoms with van der Waals surface area (Å²) in [4.78, 5) is 9.26. The molecule has 1 aliphatic rings. The van der Waals surface area contributed by atoms with Crippen LogP contribution in [0.2, 0.25) is 0 Å². The number of halogens is 1. The summed E-state index contributed by atoms with van der Waals surface area (Å²) < 4.78 is 13.3. The predicted molar refractivity (Wildman–Crippen MR) is 117 cm³/mol. The van der Waals surface area contributed by atoms with Crippen molar-refractivity contribution in [2.45, 2.75) is 26.6 Å². The fourth-order valence-corrected chi connectivity index (χ4v) is 3.52. The van der Waals surface area contributed by atoms with E-state index in [0.29, 0.717) is 19.0 Å². The number of rotatable bonds is 7. The Bertz CT molecular complexity index is 782. The fraction of sp³-hybridized carbons (Fsp3) is 0.435. The van der Waals surface area contributed by atoms with Crippen molar-refractivity contribution in [3.63, 3.8) is 0 Å². The van der Waals surface area contributed by atoms with Crippen molar-refractivity contribution in [2.24, 2.45) is 4.99 Å². The molecule has 0 aromatic heterocycles. The highest BCUT2D eigenvalue weighted by Crippen LogP contribution is 2.10. The van der Waals surface area contributed by atoms with Crippen LogP contribution in [0.25, 0.3) is 0 Å². The van der Waals surface area contributed by atoms with E-state index >= 15 is 0 Å². The molecule has 2 aromatic carbocycles. The zero-order valence-corrected chi connectivity index (χ0v) is 17.5. The first-order chi connectivity index (χ1) is 14.2. The summed E-state index contributed by atoms with van der Waals surface area (Å²) in [5.41, 5.74) is 3.45. The maximum absolute atomic E-state index is 13.3. The molecule has 0 atom stereocenters. The van der Waals surface area contributed by atoms with E-state index in [-0.39, 0.29) is 5.82 Å². The van der Waals surface area contributed by atoms with Gasteiger partial charge in [-0.3, -0.25) is 9.89 Å². The largest absolute Gasteiger partial charge is 0.352 e. The molecule has 0 amide bonds. The highest BCUT2D eigenvalue weighted by Gasteiger charge is 2.15. The van der Waals surface area contributed by atoms with E-state index in [1.54, 1.807) is 13.1 Å². The number of likely N-dealkylation sites (N-methyl/N-ethyl adjacent to an activating group) is 1. The van der Waals surface area contributed by atoms with Crippen LogP contribution in [0.4, 0.5) is 4.39 Å². The van der Waals surface area contributed by atoms with Crippen LogP contribution < -0.4 is 10.6 Å². The lowest BCUT2D eigenvalue weighted by atomic mass is 10.1. The van der Waals surface area contributed by atoms with Gasteiger partial charge in [-0.1, -0.05) is 43.3 Å². The Morgan fingerprint density at radius 3 is 2.14 bits per heavy atom. The molecule has 5 nitrogen and oxygen atoms in total. The lowest BCUT2D eigenvalue weighted by molar-refractivity contribution is 0.132. The van der Waals surface area contributed by atoms with E-state index in [2.05, 4.69) is 56.6 Å². The molecule has 3 rings (SSSR count). The molecule has 6 heteroatoms. The SMILES string of the molecule is CCN1CCN(Cc2ccc(CNC(=NC)NCc3cccc(F)c3)cc2)CC1. The first-order valence-electron chi connectivity index (χ1n) is 10.4. The standard InChI is InChI=1S/C23H32FN5/c1-3-28-11-13-29(14-12-28)18-20-9-7-19(8-10-20)16-26-23(25-2)27-17-21-5-4-6-22(24)15-21/h4-10,15H,3,11-14,16-18H2,1-2H3,(H2,25,26,27). The average Bonchev–Trinajstić information content (AvgIpc) is 2.75. The Morgan fingerprint density at radius 1 is 0.897 bits per heavy atom. The second-order valence-electron chi connectivity index (χ2n) is 7.44. The summed E-state index contributed by atoms with van der Waals surface area (Å²) in [6.45, 7) is 10.2. The summed E-state index contributed by atoms with van der Waals surface area (Å²) >= 11 is 0. The summed E-state index contributed by atoms with van der Waals surface area (Å²) in [6, 6.07) is 15.4. The number of hydrogen-bond donors (Lipinski definition) is 2. The minimum atomic E-state index is -0.223. The molecule has 2 N–H and O–H groups in total. The molecule has 29 heavy (non-hydrogen) atoms. The van der Waals surface area contributed by atoms with Crippen LogP contribution >= 0.6 is 0 Å². The second-order valence-corrected chi connectivity index (χ2v) is 7.44. The van der Waals surface area contributed by atoms with Gasteiger partial charge in [-0.05, 0) is 35.4 Å². The van der Waals surface area contributed by atoms with E-state index in [1.807, 2.05) is 6.07 Å². The van der Waals surface area contributed by atoms with Crippen LogP contribution in [0.1, 0.15) is 23.6 Å². The van der Waals surface area contributed by atoms with Gasteiger partial charge in [0.2, 0.25) is 0 Å². The van der Waals surface area contributed by atoms with Crippen LogP contribution in [0.3, 0.4) is 0 Å². The summed E-state index contributed by atoms with van der Waals surface area (Å²) in [5.74, 6) is 0.478. The molecule has 0 aliphatic carbocycles. The number of nitrogens with zero attached hydrogens (tertiary/aromatic N) is 3. The molecule has 156 valence electrons. The maximum atomic E-state index is 13.3. The maximum Gasteiger partial charge on any atom is 0.191 e. The minimum Gasteiger partial charge on any atom is -0.352 e. The normalized spacial score (nSPS) is 16.0. The van der Waals surface area contributed by atoms with Crippen molar-refractivity contribution in [2.75, 3.05) is 39.8 Å². The van der Waals surface area contributed by atoms with Crippen molar-refractivity contribution < 1.29 is 4.39 Å². The highest BCUT2D eigenvalue weighted by molar-refractivity contribution is 5.79. The Morgan fingerprint density at radius 2 is 1.52 bits per heavy atom. The molecular formula is C23H32FN5. The third kappa shape index (κ3) is 6.84. The molecular weight excluding hydrogens is 365 g/mol. The summed E-state index contributed by atoms with van der Waals surface area (Å²) in [7, 11) is 1.74. The quantitative estimate of drug-likeness (QED) is 0.557. The molecule has 1 fully saturated rings. The number of aliphatic imine (C=N–C) groups is 1. The smallest absolute Gasteiger partial charge is 0.191 e. The van der Waals surface area contributed by atoms with Gasteiger partial charge in [-0.15, -0.1) is 0 Å².